The summed E-state index contributed by atoms with van der Waals surface area (Å²) in [6.07, 6.45) is 0. The first kappa shape index (κ1) is 13.7. The van der Waals surface area contributed by atoms with Crippen molar-refractivity contribution in [2.45, 2.75) is 0 Å². The lowest BCUT2D eigenvalue weighted by atomic mass is 10.2. The fourth-order valence-corrected chi connectivity index (χ4v) is 2.41. The number of nitrogens with one attached hydrogen (secondary N) is 1. The molecule has 0 bridgehead atoms. The van der Waals surface area contributed by atoms with E-state index in [-0.39, 0.29) is 20.6 Å². The van der Waals surface area contributed by atoms with Crippen molar-refractivity contribution in [2.24, 2.45) is 0 Å². The molecular weight excluding hydrogens is 337 g/mol. The van der Waals surface area contributed by atoms with Gasteiger partial charge in [-0.3, -0.25) is 4.79 Å². The minimum atomic E-state index is -1.13. The Hall–Kier alpha value is -1.73. The van der Waals surface area contributed by atoms with Crippen LogP contribution in [0, 0.1) is 5.82 Å². The summed E-state index contributed by atoms with van der Waals surface area (Å²) in [6.45, 7) is 0. The van der Waals surface area contributed by atoms with Crippen LogP contribution in [-0.2, 0) is 0 Å². The molecule has 1 aromatic heterocycles. The number of hydrogen-bond acceptors (Lipinski definition) is 3. The highest BCUT2D eigenvalue weighted by Crippen LogP contribution is 2.24. The Balaban J connectivity index is 2.23. The van der Waals surface area contributed by atoms with E-state index in [1.807, 2.05) is 0 Å². The lowest BCUT2D eigenvalue weighted by Gasteiger charge is -2.05. The molecular formula is C12H7BrFNO3S. The van der Waals surface area contributed by atoms with Gasteiger partial charge in [-0.1, -0.05) is 0 Å². The Morgan fingerprint density at radius 2 is 2.05 bits per heavy atom. The van der Waals surface area contributed by atoms with Crippen molar-refractivity contribution in [2.75, 3.05) is 5.32 Å². The Morgan fingerprint density at radius 1 is 1.32 bits per heavy atom. The summed E-state index contributed by atoms with van der Waals surface area (Å²) in [7, 11) is 0. The molecule has 0 aliphatic rings. The molecule has 1 heterocycles. The summed E-state index contributed by atoms with van der Waals surface area (Å²) in [5.41, 5.74) is 0.126. The molecule has 0 saturated heterocycles. The number of hydrogen-bond donors (Lipinski definition) is 2. The molecule has 2 aromatic rings. The monoisotopic (exact) mass is 343 g/mol. The van der Waals surface area contributed by atoms with Gasteiger partial charge in [-0.05, 0) is 45.6 Å². The van der Waals surface area contributed by atoms with Crippen molar-refractivity contribution in [1.29, 1.82) is 0 Å². The molecule has 0 fully saturated rings. The summed E-state index contributed by atoms with van der Waals surface area (Å²) < 4.78 is 13.6. The average Bonchev–Trinajstić information content (AvgIpc) is 2.80. The van der Waals surface area contributed by atoms with Gasteiger partial charge >= 0.3 is 5.97 Å². The largest absolute Gasteiger partial charge is 0.478 e. The van der Waals surface area contributed by atoms with Crippen LogP contribution in [0.15, 0.2) is 34.1 Å². The number of carboxylic acid groups (broad SMARTS) is 1. The van der Waals surface area contributed by atoms with E-state index >= 15 is 0 Å². The van der Waals surface area contributed by atoms with Crippen LogP contribution in [0.3, 0.4) is 0 Å². The molecule has 7 heteroatoms. The van der Waals surface area contributed by atoms with E-state index in [1.54, 1.807) is 5.38 Å². The molecule has 0 saturated carbocycles. The number of carboxylic acids is 1. The quantitative estimate of drug-likeness (QED) is 0.894. The highest BCUT2D eigenvalue weighted by molar-refractivity contribution is 9.10. The highest BCUT2D eigenvalue weighted by atomic mass is 79.9. The van der Waals surface area contributed by atoms with Crippen LogP contribution in [-0.4, -0.2) is 17.0 Å². The Labute approximate surface area is 120 Å². The van der Waals surface area contributed by atoms with Crippen molar-refractivity contribution >= 4 is 44.1 Å². The van der Waals surface area contributed by atoms with Gasteiger partial charge in [0.05, 0.1) is 10.0 Å². The number of carbonyl (C=O) groups excluding carboxylic acids is 1. The molecule has 0 spiro atoms. The van der Waals surface area contributed by atoms with Crippen molar-refractivity contribution in [1.82, 2.24) is 0 Å². The predicted molar refractivity (Wildman–Crippen MR) is 73.3 cm³/mol. The molecule has 0 radical (unpaired) electrons. The first-order valence-electron chi connectivity index (χ1n) is 5.06. The normalized spacial score (nSPS) is 10.2. The van der Waals surface area contributed by atoms with Gasteiger partial charge in [-0.15, -0.1) is 11.3 Å². The lowest BCUT2D eigenvalue weighted by molar-refractivity contribution is 0.0698. The van der Waals surface area contributed by atoms with E-state index in [0.717, 1.165) is 17.4 Å². The van der Waals surface area contributed by atoms with Crippen LogP contribution in [0.2, 0.25) is 0 Å². The molecule has 1 aromatic carbocycles. The van der Waals surface area contributed by atoms with Crippen LogP contribution in [0.25, 0.3) is 0 Å². The highest BCUT2D eigenvalue weighted by Gasteiger charge is 2.15. The lowest BCUT2D eigenvalue weighted by Crippen LogP contribution is -2.13. The van der Waals surface area contributed by atoms with E-state index < -0.39 is 17.7 Å². The van der Waals surface area contributed by atoms with Gasteiger partial charge in [0.25, 0.3) is 5.91 Å². The number of carbonyl (C=O) groups is 2. The van der Waals surface area contributed by atoms with E-state index in [4.69, 9.17) is 5.11 Å². The van der Waals surface area contributed by atoms with Gasteiger partial charge < -0.3 is 10.4 Å². The van der Waals surface area contributed by atoms with Gasteiger partial charge in [-0.25, -0.2) is 9.18 Å². The number of rotatable bonds is 3. The molecule has 0 aliphatic carbocycles. The average molecular weight is 344 g/mol. The molecule has 1 amide bonds. The minimum absolute atomic E-state index is 0.0101. The molecule has 2 N–H and O–H groups in total. The van der Waals surface area contributed by atoms with Crippen molar-refractivity contribution in [3.63, 3.8) is 0 Å². The predicted octanol–water partition coefficient (Wildman–Crippen LogP) is 3.60. The number of thiophene rings is 1. The van der Waals surface area contributed by atoms with Crippen LogP contribution in [0.4, 0.5) is 9.39 Å². The van der Waals surface area contributed by atoms with Gasteiger partial charge in [-0.2, -0.15) is 0 Å². The maximum atomic E-state index is 13.3. The first-order chi connectivity index (χ1) is 8.99. The van der Waals surface area contributed by atoms with Crippen LogP contribution < -0.4 is 5.32 Å². The maximum absolute atomic E-state index is 13.3. The van der Waals surface area contributed by atoms with Gasteiger partial charge in [0.15, 0.2) is 0 Å². The van der Waals surface area contributed by atoms with E-state index in [1.165, 1.54) is 18.2 Å². The van der Waals surface area contributed by atoms with Crippen molar-refractivity contribution in [3.8, 4) is 0 Å². The van der Waals surface area contributed by atoms with Crippen LogP contribution in [0.5, 0.6) is 0 Å². The fourth-order valence-electron chi connectivity index (χ4n) is 1.39. The summed E-state index contributed by atoms with van der Waals surface area (Å²) >= 11 is 4.08. The Morgan fingerprint density at radius 3 is 2.68 bits per heavy atom. The van der Waals surface area contributed by atoms with Crippen molar-refractivity contribution in [3.05, 3.63) is 51.1 Å². The molecule has 0 unspecified atom stereocenters. The molecule has 98 valence electrons. The number of amides is 1. The second-order valence-electron chi connectivity index (χ2n) is 3.55. The third-order valence-electron chi connectivity index (χ3n) is 2.30. The van der Waals surface area contributed by atoms with E-state index in [9.17, 15) is 14.0 Å². The minimum Gasteiger partial charge on any atom is -0.478 e. The van der Waals surface area contributed by atoms with Gasteiger partial charge in [0, 0.05) is 5.56 Å². The summed E-state index contributed by atoms with van der Waals surface area (Å²) in [6, 6.07) is 5.32. The van der Waals surface area contributed by atoms with Gasteiger partial charge in [0.2, 0.25) is 0 Å². The smallest absolute Gasteiger partial charge is 0.338 e. The SMILES string of the molecule is O=C(Nc1sccc1C(=O)O)c1ccc(Br)c(F)c1. The Bertz CT molecular complexity index is 656. The second-order valence-corrected chi connectivity index (χ2v) is 5.32. The first-order valence-corrected chi connectivity index (χ1v) is 6.73. The van der Waals surface area contributed by atoms with E-state index in [0.29, 0.717) is 0 Å². The third-order valence-corrected chi connectivity index (χ3v) is 3.78. The zero-order valence-electron chi connectivity index (χ0n) is 9.31. The zero-order chi connectivity index (χ0) is 14.0. The maximum Gasteiger partial charge on any atom is 0.338 e. The fraction of sp³-hybridized carbons (Fsp3) is 0. The molecule has 4 nitrogen and oxygen atoms in total. The molecule has 0 atom stereocenters. The number of aromatic carboxylic acids is 1. The van der Waals surface area contributed by atoms with Crippen LogP contribution >= 0.6 is 27.3 Å². The topological polar surface area (TPSA) is 66.4 Å². The number of halogens is 2. The molecule has 0 aliphatic heterocycles. The van der Waals surface area contributed by atoms with E-state index in [2.05, 4.69) is 21.2 Å². The van der Waals surface area contributed by atoms with Crippen molar-refractivity contribution < 1.29 is 19.1 Å². The third kappa shape index (κ3) is 2.99. The second kappa shape index (κ2) is 5.50. The molecule has 2 rings (SSSR count). The number of anilines is 1. The number of benzene rings is 1. The standard InChI is InChI=1S/C12H7BrFNO3S/c13-8-2-1-6(5-9(8)14)10(16)15-11-7(12(17)18)3-4-19-11/h1-5H,(H,15,16)(H,17,18). The van der Waals surface area contributed by atoms with Gasteiger partial charge in [0.1, 0.15) is 10.8 Å². The van der Waals surface area contributed by atoms with Crippen LogP contribution in [0.1, 0.15) is 20.7 Å². The summed E-state index contributed by atoms with van der Waals surface area (Å²) in [5, 5.41) is 13.1. The summed E-state index contributed by atoms with van der Waals surface area (Å²) in [5.74, 6) is -2.24. The zero-order valence-corrected chi connectivity index (χ0v) is 11.7. The molecule has 19 heavy (non-hydrogen) atoms. The summed E-state index contributed by atoms with van der Waals surface area (Å²) in [4.78, 5) is 22.8. The Kier molecular flexibility index (Phi) is 3.96.